The number of aryl methyl sites for hydroxylation is 1. The second-order valence-electron chi connectivity index (χ2n) is 8.73. The van der Waals surface area contributed by atoms with Crippen LogP contribution in [0, 0.1) is 0 Å². The molecule has 0 radical (unpaired) electrons. The Balaban J connectivity index is 1.56. The van der Waals surface area contributed by atoms with E-state index in [1.807, 2.05) is 36.4 Å². The number of ether oxygens (including phenoxy) is 1. The highest BCUT2D eigenvalue weighted by molar-refractivity contribution is 6.08. The number of para-hydroxylation sites is 1. The molecule has 0 spiro atoms. The van der Waals surface area contributed by atoms with Crippen molar-refractivity contribution < 1.29 is 14.3 Å². The first-order valence-electron chi connectivity index (χ1n) is 11.5. The van der Waals surface area contributed by atoms with E-state index in [1.54, 1.807) is 63.7 Å². The van der Waals surface area contributed by atoms with Crippen molar-refractivity contribution in [3.05, 3.63) is 78.5 Å². The van der Waals surface area contributed by atoms with Gasteiger partial charge in [-0.05, 0) is 35.9 Å². The number of aromatic amines is 1. The number of amides is 2. The molecule has 2 aromatic carbocycles. The van der Waals surface area contributed by atoms with E-state index in [-0.39, 0.29) is 11.6 Å². The van der Waals surface area contributed by atoms with Crippen LogP contribution in [0.4, 0.5) is 5.69 Å². The van der Waals surface area contributed by atoms with E-state index in [1.165, 1.54) is 4.90 Å². The lowest BCUT2D eigenvalue weighted by atomic mass is 10.00. The molecule has 0 aliphatic carbocycles. The van der Waals surface area contributed by atoms with E-state index in [4.69, 9.17) is 4.74 Å². The lowest BCUT2D eigenvalue weighted by Gasteiger charge is -2.16. The van der Waals surface area contributed by atoms with Crippen LogP contribution in [0.25, 0.3) is 33.4 Å². The molecule has 0 saturated heterocycles. The van der Waals surface area contributed by atoms with Crippen LogP contribution in [0.2, 0.25) is 0 Å². The van der Waals surface area contributed by atoms with Gasteiger partial charge in [-0.25, -0.2) is 9.97 Å². The Hall–Kier alpha value is -4.99. The number of carbonyl (C=O) groups is 2. The van der Waals surface area contributed by atoms with Crippen molar-refractivity contribution in [1.29, 1.82) is 0 Å². The minimum absolute atomic E-state index is 0.245. The number of nitrogens with one attached hydrogen (secondary N) is 2. The SMILES string of the molecule is COc1ccccc1-c1[nH]nc2ncc(-c3ccc(NC(=O)c4cn(C)cn4)c(C(=O)N(C)C)c3)cc12. The van der Waals surface area contributed by atoms with Gasteiger partial charge in [-0.3, -0.25) is 14.7 Å². The fraction of sp³-hybridized carbons (Fsp3) is 0.148. The third kappa shape index (κ3) is 4.52. The van der Waals surface area contributed by atoms with E-state index >= 15 is 0 Å². The van der Waals surface area contributed by atoms with Gasteiger partial charge in [0, 0.05) is 50.0 Å². The zero-order chi connectivity index (χ0) is 26.1. The molecule has 3 heterocycles. The molecule has 0 saturated carbocycles. The molecule has 0 fully saturated rings. The molecule has 5 rings (SSSR count). The summed E-state index contributed by atoms with van der Waals surface area (Å²) in [6.07, 6.45) is 4.87. The zero-order valence-corrected chi connectivity index (χ0v) is 20.8. The number of methoxy groups -OCH3 is 1. The lowest BCUT2D eigenvalue weighted by Crippen LogP contribution is -2.24. The van der Waals surface area contributed by atoms with Crippen LogP contribution in [0.15, 0.2) is 67.3 Å². The summed E-state index contributed by atoms with van der Waals surface area (Å²) in [5.41, 5.74) is 4.77. The van der Waals surface area contributed by atoms with E-state index in [9.17, 15) is 9.59 Å². The number of hydrogen-bond donors (Lipinski definition) is 2. The number of H-pyrrole nitrogens is 1. The molecule has 0 bridgehead atoms. The highest BCUT2D eigenvalue weighted by atomic mass is 16.5. The average molecular weight is 496 g/mol. The average Bonchev–Trinajstić information content (AvgIpc) is 3.54. The standard InChI is InChI=1S/C27H25N7O3/c1-33(2)27(36)19-11-16(9-10-21(19)30-26(35)22-14-34(3)15-29-22)17-12-20-24(31-32-25(20)28-13-17)18-7-5-6-8-23(18)37-4/h5-15H,1-4H3,(H,30,35)(H,28,31,32). The van der Waals surface area contributed by atoms with E-state index < -0.39 is 5.91 Å². The lowest BCUT2D eigenvalue weighted by molar-refractivity contribution is 0.0828. The molecular weight excluding hydrogens is 470 g/mol. The topological polar surface area (TPSA) is 118 Å². The Labute approximate surface area is 212 Å². The Bertz CT molecular complexity index is 1630. The van der Waals surface area contributed by atoms with Crippen molar-refractivity contribution in [2.24, 2.45) is 7.05 Å². The molecule has 5 aromatic rings. The van der Waals surface area contributed by atoms with Gasteiger partial charge in [-0.15, -0.1) is 0 Å². The quantitative estimate of drug-likeness (QED) is 0.368. The first kappa shape index (κ1) is 23.7. The molecule has 2 N–H and O–H groups in total. The van der Waals surface area contributed by atoms with Crippen molar-refractivity contribution in [2.45, 2.75) is 0 Å². The van der Waals surface area contributed by atoms with Gasteiger partial charge < -0.3 is 19.5 Å². The predicted octanol–water partition coefficient (Wildman–Crippen LogP) is 3.99. The Morgan fingerprint density at radius 1 is 1.05 bits per heavy atom. The molecule has 0 unspecified atom stereocenters. The molecule has 186 valence electrons. The maximum atomic E-state index is 13.1. The summed E-state index contributed by atoms with van der Waals surface area (Å²) >= 11 is 0. The molecule has 0 atom stereocenters. The van der Waals surface area contributed by atoms with E-state index in [2.05, 4.69) is 25.5 Å². The molecule has 0 aliphatic rings. The Morgan fingerprint density at radius 3 is 2.59 bits per heavy atom. The van der Waals surface area contributed by atoms with Crippen molar-refractivity contribution in [3.8, 4) is 28.1 Å². The summed E-state index contributed by atoms with van der Waals surface area (Å²) < 4.78 is 7.21. The van der Waals surface area contributed by atoms with Gasteiger partial charge in [0.05, 0.1) is 30.4 Å². The summed E-state index contributed by atoms with van der Waals surface area (Å²) in [7, 11) is 6.73. The van der Waals surface area contributed by atoms with Gasteiger partial charge in [0.25, 0.3) is 11.8 Å². The molecule has 10 nitrogen and oxygen atoms in total. The third-order valence-corrected chi connectivity index (χ3v) is 5.96. The van der Waals surface area contributed by atoms with E-state index in [0.717, 1.165) is 27.8 Å². The minimum atomic E-state index is -0.399. The second-order valence-corrected chi connectivity index (χ2v) is 8.73. The fourth-order valence-electron chi connectivity index (χ4n) is 4.08. The van der Waals surface area contributed by atoms with Gasteiger partial charge in [-0.1, -0.05) is 18.2 Å². The first-order valence-corrected chi connectivity index (χ1v) is 11.5. The summed E-state index contributed by atoms with van der Waals surface area (Å²) in [5, 5.41) is 11.0. The van der Waals surface area contributed by atoms with Crippen molar-refractivity contribution in [2.75, 3.05) is 26.5 Å². The minimum Gasteiger partial charge on any atom is -0.496 e. The van der Waals surface area contributed by atoms with Gasteiger partial charge in [0.1, 0.15) is 11.4 Å². The number of hydrogen-bond acceptors (Lipinski definition) is 6. The summed E-state index contributed by atoms with van der Waals surface area (Å²) in [6, 6.07) is 14.9. The second kappa shape index (κ2) is 9.57. The van der Waals surface area contributed by atoms with Crippen LogP contribution in [0.3, 0.4) is 0 Å². The molecule has 10 heteroatoms. The number of pyridine rings is 1. The number of carbonyl (C=O) groups excluding carboxylic acids is 2. The molecular formula is C27H25N7O3. The van der Waals surface area contributed by atoms with Crippen LogP contribution in [0.5, 0.6) is 5.75 Å². The molecule has 0 aliphatic heterocycles. The normalized spacial score (nSPS) is 10.9. The molecule has 37 heavy (non-hydrogen) atoms. The first-order chi connectivity index (χ1) is 17.9. The number of aromatic nitrogens is 5. The van der Waals surface area contributed by atoms with Gasteiger partial charge in [0.2, 0.25) is 0 Å². The van der Waals surface area contributed by atoms with Gasteiger partial charge in [-0.2, -0.15) is 5.10 Å². The van der Waals surface area contributed by atoms with Crippen molar-refractivity contribution in [3.63, 3.8) is 0 Å². The zero-order valence-electron chi connectivity index (χ0n) is 20.8. The highest BCUT2D eigenvalue weighted by Gasteiger charge is 2.19. The number of fused-ring (bicyclic) bond motifs is 1. The fourth-order valence-corrected chi connectivity index (χ4v) is 4.08. The Morgan fingerprint density at radius 2 is 1.86 bits per heavy atom. The maximum Gasteiger partial charge on any atom is 0.275 e. The highest BCUT2D eigenvalue weighted by Crippen LogP contribution is 2.35. The monoisotopic (exact) mass is 495 g/mol. The van der Waals surface area contributed by atoms with Crippen LogP contribution >= 0.6 is 0 Å². The van der Waals surface area contributed by atoms with Gasteiger partial charge in [0.15, 0.2) is 5.65 Å². The largest absolute Gasteiger partial charge is 0.496 e. The number of benzene rings is 2. The number of imidazole rings is 1. The summed E-state index contributed by atoms with van der Waals surface area (Å²) in [5.74, 6) is 0.0691. The molecule has 3 aromatic heterocycles. The molecule has 2 amide bonds. The smallest absolute Gasteiger partial charge is 0.275 e. The predicted molar refractivity (Wildman–Crippen MR) is 140 cm³/mol. The van der Waals surface area contributed by atoms with Crippen LogP contribution in [0.1, 0.15) is 20.8 Å². The third-order valence-electron chi connectivity index (χ3n) is 5.96. The van der Waals surface area contributed by atoms with Gasteiger partial charge >= 0.3 is 0 Å². The van der Waals surface area contributed by atoms with Crippen molar-refractivity contribution in [1.82, 2.24) is 29.6 Å². The maximum absolute atomic E-state index is 13.1. The number of anilines is 1. The Kier molecular flexibility index (Phi) is 6.14. The van der Waals surface area contributed by atoms with E-state index in [0.29, 0.717) is 22.6 Å². The summed E-state index contributed by atoms with van der Waals surface area (Å²) in [6.45, 7) is 0. The number of rotatable bonds is 6. The van der Waals surface area contributed by atoms with Crippen LogP contribution in [-0.4, -0.2) is 62.7 Å². The van der Waals surface area contributed by atoms with Crippen molar-refractivity contribution >= 4 is 28.5 Å². The van der Waals surface area contributed by atoms with Crippen LogP contribution < -0.4 is 10.1 Å². The summed E-state index contributed by atoms with van der Waals surface area (Å²) in [4.78, 5) is 35.9. The van der Waals surface area contributed by atoms with Crippen LogP contribution in [-0.2, 0) is 7.05 Å². The number of nitrogens with zero attached hydrogens (tertiary/aromatic N) is 5.